The van der Waals surface area contributed by atoms with Crippen molar-refractivity contribution >= 4 is 17.0 Å². The maximum atomic E-state index is 12.2. The van der Waals surface area contributed by atoms with Gasteiger partial charge in [-0.25, -0.2) is 4.79 Å². The molecule has 0 saturated carbocycles. The Morgan fingerprint density at radius 2 is 2.27 bits per heavy atom. The molecule has 22 heavy (non-hydrogen) atoms. The van der Waals surface area contributed by atoms with Crippen molar-refractivity contribution in [3.63, 3.8) is 0 Å². The number of nitrogens with one attached hydrogen (secondary N) is 1. The van der Waals surface area contributed by atoms with Crippen LogP contribution in [0, 0.1) is 0 Å². The highest BCUT2D eigenvalue weighted by Gasteiger charge is 2.29. The average Bonchev–Trinajstić information content (AvgIpc) is 2.89. The molecule has 5 nitrogen and oxygen atoms in total. The van der Waals surface area contributed by atoms with Crippen molar-refractivity contribution in [2.45, 2.75) is 45.1 Å². The first-order valence-electron chi connectivity index (χ1n) is 7.83. The molecule has 1 unspecified atom stereocenters. The van der Waals surface area contributed by atoms with Crippen LogP contribution < -0.4 is 0 Å². The molecule has 2 aromatic rings. The Morgan fingerprint density at radius 3 is 3.00 bits per heavy atom. The van der Waals surface area contributed by atoms with Gasteiger partial charge >= 0.3 is 6.09 Å². The molecule has 1 atom stereocenters. The summed E-state index contributed by atoms with van der Waals surface area (Å²) >= 11 is 0. The predicted octanol–water partition coefficient (Wildman–Crippen LogP) is 3.68. The Bertz CT molecular complexity index is 639. The van der Waals surface area contributed by atoms with Crippen LogP contribution in [-0.2, 0) is 4.74 Å². The van der Waals surface area contributed by atoms with E-state index in [1.807, 2.05) is 37.9 Å². The average molecular weight is 301 g/mol. The first-order valence-corrected chi connectivity index (χ1v) is 7.83. The predicted molar refractivity (Wildman–Crippen MR) is 85.9 cm³/mol. The monoisotopic (exact) mass is 301 g/mol. The lowest BCUT2D eigenvalue weighted by atomic mass is 9.95. The minimum Gasteiger partial charge on any atom is -0.444 e. The highest BCUT2D eigenvalue weighted by atomic mass is 16.6. The van der Waals surface area contributed by atoms with Crippen LogP contribution in [0.15, 0.2) is 24.5 Å². The van der Waals surface area contributed by atoms with Crippen LogP contribution in [0.4, 0.5) is 4.79 Å². The van der Waals surface area contributed by atoms with Crippen molar-refractivity contribution < 1.29 is 9.53 Å². The molecule has 3 rings (SSSR count). The number of nitrogens with zero attached hydrogens (tertiary/aromatic N) is 2. The Labute approximate surface area is 130 Å². The van der Waals surface area contributed by atoms with Crippen molar-refractivity contribution in [3.8, 4) is 0 Å². The van der Waals surface area contributed by atoms with Gasteiger partial charge in [0.15, 0.2) is 0 Å². The zero-order valence-corrected chi connectivity index (χ0v) is 13.4. The van der Waals surface area contributed by atoms with Crippen molar-refractivity contribution in [1.29, 1.82) is 0 Å². The van der Waals surface area contributed by atoms with Gasteiger partial charge in [-0.05, 0) is 45.7 Å². The first-order chi connectivity index (χ1) is 10.4. The maximum Gasteiger partial charge on any atom is 0.410 e. The smallest absolute Gasteiger partial charge is 0.410 e. The number of likely N-dealkylation sites (tertiary alicyclic amines) is 1. The number of carbonyl (C=O) groups excluding carboxylic acids is 1. The van der Waals surface area contributed by atoms with Gasteiger partial charge in [0.05, 0.1) is 0 Å². The van der Waals surface area contributed by atoms with Crippen molar-refractivity contribution in [3.05, 3.63) is 30.2 Å². The highest BCUT2D eigenvalue weighted by molar-refractivity contribution is 5.79. The van der Waals surface area contributed by atoms with Crippen LogP contribution in [0.1, 0.15) is 45.2 Å². The molecular weight excluding hydrogens is 278 g/mol. The van der Waals surface area contributed by atoms with Crippen molar-refractivity contribution in [2.75, 3.05) is 13.1 Å². The summed E-state index contributed by atoms with van der Waals surface area (Å²) in [5.41, 5.74) is 1.83. The fourth-order valence-corrected chi connectivity index (χ4v) is 2.94. The summed E-state index contributed by atoms with van der Waals surface area (Å²) in [6.45, 7) is 7.17. The largest absolute Gasteiger partial charge is 0.444 e. The number of amides is 1. The molecule has 1 fully saturated rings. The molecule has 1 aliphatic heterocycles. The van der Waals surface area contributed by atoms with Gasteiger partial charge in [0.2, 0.25) is 0 Å². The van der Waals surface area contributed by atoms with E-state index in [-0.39, 0.29) is 6.09 Å². The number of pyridine rings is 1. The lowest BCUT2D eigenvalue weighted by Crippen LogP contribution is -2.42. The summed E-state index contributed by atoms with van der Waals surface area (Å²) in [6.07, 6.45) is 5.52. The number of rotatable bonds is 1. The van der Waals surface area contributed by atoms with Crippen LogP contribution in [0.25, 0.3) is 10.9 Å². The van der Waals surface area contributed by atoms with Crippen LogP contribution in [-0.4, -0.2) is 39.7 Å². The maximum absolute atomic E-state index is 12.2. The van der Waals surface area contributed by atoms with Gasteiger partial charge in [-0.2, -0.15) is 0 Å². The van der Waals surface area contributed by atoms with E-state index in [0.717, 1.165) is 30.3 Å². The third-order valence-corrected chi connectivity index (χ3v) is 3.95. The zero-order chi connectivity index (χ0) is 15.7. The number of fused-ring (bicyclic) bond motifs is 1. The van der Waals surface area contributed by atoms with Gasteiger partial charge in [0.25, 0.3) is 0 Å². The Hall–Kier alpha value is -2.04. The molecule has 1 N–H and O–H groups in total. The second kappa shape index (κ2) is 5.63. The van der Waals surface area contributed by atoms with Gasteiger partial charge in [-0.15, -0.1) is 0 Å². The minimum atomic E-state index is -0.448. The van der Waals surface area contributed by atoms with E-state index in [2.05, 4.69) is 16.0 Å². The van der Waals surface area contributed by atoms with Gasteiger partial charge in [0.1, 0.15) is 5.60 Å². The van der Waals surface area contributed by atoms with Gasteiger partial charge in [-0.3, -0.25) is 4.98 Å². The molecule has 1 aliphatic rings. The van der Waals surface area contributed by atoms with E-state index in [1.54, 1.807) is 6.20 Å². The topological polar surface area (TPSA) is 58.2 Å². The highest BCUT2D eigenvalue weighted by Crippen LogP contribution is 2.29. The standard InChI is InChI=1S/C17H23N3O2/c1-17(2,3)22-16(21)20-8-4-5-12(11-20)15-9-13-10-18-7-6-14(13)19-15/h6-7,9-10,12,19H,4-5,8,11H2,1-3H3. The van der Waals surface area contributed by atoms with Gasteiger partial charge in [-0.1, -0.05) is 0 Å². The molecule has 0 bridgehead atoms. The fourth-order valence-electron chi connectivity index (χ4n) is 2.94. The zero-order valence-electron chi connectivity index (χ0n) is 13.4. The number of hydrogen-bond acceptors (Lipinski definition) is 3. The lowest BCUT2D eigenvalue weighted by molar-refractivity contribution is 0.0197. The second-order valence-corrected chi connectivity index (χ2v) is 6.95. The van der Waals surface area contributed by atoms with E-state index in [4.69, 9.17) is 4.74 Å². The first kappa shape index (κ1) is 14.9. The summed E-state index contributed by atoms with van der Waals surface area (Å²) in [5.74, 6) is 0.327. The van der Waals surface area contributed by atoms with Crippen LogP contribution in [0.2, 0.25) is 0 Å². The van der Waals surface area contributed by atoms with Crippen LogP contribution >= 0.6 is 0 Å². The molecular formula is C17H23N3O2. The lowest BCUT2D eigenvalue weighted by Gasteiger charge is -2.33. The normalized spacial score (nSPS) is 19.4. The molecule has 0 radical (unpaired) electrons. The van der Waals surface area contributed by atoms with Crippen molar-refractivity contribution in [2.24, 2.45) is 0 Å². The summed E-state index contributed by atoms with van der Waals surface area (Å²) in [4.78, 5) is 21.7. The van der Waals surface area contributed by atoms with Gasteiger partial charge < -0.3 is 14.6 Å². The summed E-state index contributed by atoms with van der Waals surface area (Å²) in [5, 5.41) is 1.12. The summed E-state index contributed by atoms with van der Waals surface area (Å²) in [6, 6.07) is 4.12. The number of ether oxygens (including phenoxy) is 1. The summed E-state index contributed by atoms with van der Waals surface area (Å²) in [7, 11) is 0. The molecule has 0 aromatic carbocycles. The minimum absolute atomic E-state index is 0.213. The second-order valence-electron chi connectivity index (χ2n) is 6.95. The van der Waals surface area contributed by atoms with E-state index in [9.17, 15) is 4.79 Å². The Kier molecular flexibility index (Phi) is 3.81. The molecule has 1 saturated heterocycles. The Balaban J connectivity index is 1.74. The molecule has 118 valence electrons. The summed E-state index contributed by atoms with van der Waals surface area (Å²) < 4.78 is 5.49. The quantitative estimate of drug-likeness (QED) is 0.874. The molecule has 0 aliphatic carbocycles. The molecule has 0 spiro atoms. The number of H-pyrrole nitrogens is 1. The molecule has 2 aromatic heterocycles. The molecule has 1 amide bonds. The number of carbonyl (C=O) groups is 1. The fraction of sp³-hybridized carbons (Fsp3) is 0.529. The number of hydrogen-bond donors (Lipinski definition) is 1. The van der Waals surface area contributed by atoms with E-state index < -0.39 is 5.60 Å². The van der Waals surface area contributed by atoms with Crippen LogP contribution in [0.5, 0.6) is 0 Å². The SMILES string of the molecule is CC(C)(C)OC(=O)N1CCCC(c2cc3cnccc3[nH]2)C1. The third-order valence-electron chi connectivity index (χ3n) is 3.95. The molecule has 5 heteroatoms. The van der Waals surface area contributed by atoms with Crippen molar-refractivity contribution in [1.82, 2.24) is 14.9 Å². The van der Waals surface area contributed by atoms with E-state index >= 15 is 0 Å². The molecule has 3 heterocycles. The van der Waals surface area contributed by atoms with Crippen LogP contribution in [0.3, 0.4) is 0 Å². The number of aromatic nitrogens is 2. The number of piperidine rings is 1. The van der Waals surface area contributed by atoms with Gasteiger partial charge in [0, 0.05) is 48.0 Å². The number of aromatic amines is 1. The Morgan fingerprint density at radius 1 is 1.45 bits per heavy atom. The van der Waals surface area contributed by atoms with E-state index in [0.29, 0.717) is 12.5 Å². The van der Waals surface area contributed by atoms with E-state index in [1.165, 1.54) is 5.69 Å². The third kappa shape index (κ3) is 3.24.